The van der Waals surface area contributed by atoms with Crippen LogP contribution in [-0.4, -0.2) is 34.0 Å². The summed E-state index contributed by atoms with van der Waals surface area (Å²) in [5, 5.41) is 10.2. The highest BCUT2D eigenvalue weighted by molar-refractivity contribution is 6.05. The monoisotopic (exact) mass is 481 g/mol. The Bertz CT molecular complexity index is 1230. The van der Waals surface area contributed by atoms with Crippen LogP contribution in [0.3, 0.4) is 0 Å². The molecule has 0 aliphatic rings. The molecule has 0 radical (unpaired) electrons. The number of fused-ring (bicyclic) bond motifs is 1. The van der Waals surface area contributed by atoms with E-state index in [4.69, 9.17) is 4.74 Å². The van der Waals surface area contributed by atoms with Gasteiger partial charge in [0.05, 0.1) is 17.5 Å². The zero-order valence-corrected chi connectivity index (χ0v) is 18.9. The Balaban J connectivity index is 2.11. The lowest BCUT2D eigenvalue weighted by atomic mass is 9.97. The Hall–Kier alpha value is -3.56. The van der Waals surface area contributed by atoms with E-state index in [2.05, 4.69) is 4.74 Å². The number of aromatic nitrogens is 1. The van der Waals surface area contributed by atoms with Crippen LogP contribution in [0.2, 0.25) is 0 Å². The van der Waals surface area contributed by atoms with E-state index in [-0.39, 0.29) is 22.6 Å². The van der Waals surface area contributed by atoms with Crippen LogP contribution in [0.4, 0.5) is 17.6 Å². The molecule has 3 aromatic rings. The first kappa shape index (κ1) is 25.1. The van der Waals surface area contributed by atoms with Gasteiger partial charge in [0, 0.05) is 22.7 Å². The molecule has 0 saturated heterocycles. The summed E-state index contributed by atoms with van der Waals surface area (Å²) in [7, 11) is 0. The van der Waals surface area contributed by atoms with Crippen molar-refractivity contribution in [2.45, 2.75) is 52.5 Å². The van der Waals surface area contributed by atoms with Crippen molar-refractivity contribution in [3.8, 4) is 11.5 Å². The quantitative estimate of drug-likeness (QED) is 0.354. The van der Waals surface area contributed by atoms with Gasteiger partial charge in [0.1, 0.15) is 5.75 Å². The number of esters is 1. The summed E-state index contributed by atoms with van der Waals surface area (Å²) in [5.41, 5.74) is 0.759. The first-order valence-corrected chi connectivity index (χ1v) is 10.5. The summed E-state index contributed by atoms with van der Waals surface area (Å²) in [5.74, 6) is -4.21. The second-order valence-electron chi connectivity index (χ2n) is 7.91. The largest absolute Gasteiger partial charge is 0.573 e. The SMILES string of the molecule is CCC(C)OC(=O)C(C)c1c(C)n(C(=O)c2ccc(OC(F)(F)F)cc2)c2cc(F)c(O)cc12. The van der Waals surface area contributed by atoms with Crippen molar-refractivity contribution in [2.75, 3.05) is 0 Å². The van der Waals surface area contributed by atoms with Crippen LogP contribution in [0.15, 0.2) is 36.4 Å². The fourth-order valence-electron chi connectivity index (χ4n) is 3.69. The standard InChI is InChI=1S/C24H23F4NO5/c1-5-12(2)33-23(32)13(3)21-14(4)29(19-11-18(25)20(30)10-17(19)21)22(31)15-6-8-16(9-7-15)34-24(26,27)28/h6-13,30H,5H2,1-4H3. The molecule has 1 N–H and O–H groups in total. The van der Waals surface area contributed by atoms with Crippen LogP contribution in [-0.2, 0) is 9.53 Å². The fraction of sp³-hybridized carbons (Fsp3) is 0.333. The number of hydrogen-bond acceptors (Lipinski definition) is 5. The molecule has 3 rings (SSSR count). The zero-order valence-electron chi connectivity index (χ0n) is 18.9. The number of hydrogen-bond donors (Lipinski definition) is 1. The maximum absolute atomic E-state index is 14.2. The van der Waals surface area contributed by atoms with E-state index in [0.29, 0.717) is 17.7 Å². The van der Waals surface area contributed by atoms with Gasteiger partial charge in [0.25, 0.3) is 5.91 Å². The van der Waals surface area contributed by atoms with Crippen molar-refractivity contribution < 1.29 is 41.7 Å². The van der Waals surface area contributed by atoms with Gasteiger partial charge in [0.15, 0.2) is 11.6 Å². The van der Waals surface area contributed by atoms with E-state index in [0.717, 1.165) is 41.0 Å². The number of halogens is 4. The van der Waals surface area contributed by atoms with E-state index < -0.39 is 41.5 Å². The summed E-state index contributed by atoms with van der Waals surface area (Å²) in [6, 6.07) is 6.36. The first-order valence-electron chi connectivity index (χ1n) is 10.5. The molecule has 0 spiro atoms. The minimum Gasteiger partial charge on any atom is -0.505 e. The van der Waals surface area contributed by atoms with E-state index in [1.807, 2.05) is 6.92 Å². The van der Waals surface area contributed by atoms with Crippen LogP contribution in [0, 0.1) is 12.7 Å². The molecule has 0 saturated carbocycles. The Kier molecular flexibility index (Phi) is 6.90. The molecule has 1 heterocycles. The third-order valence-electron chi connectivity index (χ3n) is 5.54. The summed E-state index contributed by atoms with van der Waals surface area (Å²) in [6.07, 6.45) is -4.63. The molecular weight excluding hydrogens is 458 g/mol. The number of ether oxygens (including phenoxy) is 2. The van der Waals surface area contributed by atoms with Crippen molar-refractivity contribution >= 4 is 22.8 Å². The van der Waals surface area contributed by atoms with Crippen LogP contribution in [0.5, 0.6) is 11.5 Å². The van der Waals surface area contributed by atoms with E-state index >= 15 is 0 Å². The number of aromatic hydroxyl groups is 1. The molecule has 2 atom stereocenters. The molecule has 0 fully saturated rings. The van der Waals surface area contributed by atoms with Crippen molar-refractivity contribution in [1.29, 1.82) is 0 Å². The normalized spacial score (nSPS) is 13.5. The maximum atomic E-state index is 14.2. The number of benzene rings is 2. The van der Waals surface area contributed by atoms with E-state index in [9.17, 15) is 32.3 Å². The van der Waals surface area contributed by atoms with Gasteiger partial charge >= 0.3 is 12.3 Å². The third-order valence-corrected chi connectivity index (χ3v) is 5.54. The average Bonchev–Trinajstić information content (AvgIpc) is 3.02. The zero-order chi connectivity index (χ0) is 25.4. The smallest absolute Gasteiger partial charge is 0.505 e. The molecule has 6 nitrogen and oxygen atoms in total. The summed E-state index contributed by atoms with van der Waals surface area (Å²) in [6.45, 7) is 6.71. The molecule has 182 valence electrons. The highest BCUT2D eigenvalue weighted by Crippen LogP contribution is 2.36. The van der Waals surface area contributed by atoms with E-state index in [1.54, 1.807) is 20.8 Å². The fourth-order valence-corrected chi connectivity index (χ4v) is 3.69. The van der Waals surface area contributed by atoms with Crippen LogP contribution in [0.25, 0.3) is 10.9 Å². The predicted octanol–water partition coefficient (Wildman–Crippen LogP) is 5.83. The molecule has 2 aromatic carbocycles. The Morgan fingerprint density at radius 1 is 1.12 bits per heavy atom. The average molecular weight is 481 g/mol. The van der Waals surface area contributed by atoms with E-state index in [1.165, 1.54) is 0 Å². The van der Waals surface area contributed by atoms with Crippen LogP contribution in [0.1, 0.15) is 54.7 Å². The van der Waals surface area contributed by atoms with Crippen molar-refractivity contribution in [3.05, 3.63) is 59.0 Å². The molecule has 0 aliphatic carbocycles. The molecule has 10 heteroatoms. The first-order chi connectivity index (χ1) is 15.8. The van der Waals surface area contributed by atoms with Crippen LogP contribution >= 0.6 is 0 Å². The number of carbonyl (C=O) groups excluding carboxylic acids is 2. The molecular formula is C24H23F4NO5. The van der Waals surface area contributed by atoms with Gasteiger partial charge in [-0.2, -0.15) is 0 Å². The number of nitrogens with zero attached hydrogens (tertiary/aromatic N) is 1. The third kappa shape index (κ3) is 5.00. The molecule has 34 heavy (non-hydrogen) atoms. The molecule has 0 amide bonds. The predicted molar refractivity (Wildman–Crippen MR) is 115 cm³/mol. The van der Waals surface area contributed by atoms with Crippen molar-refractivity contribution in [1.82, 2.24) is 4.57 Å². The van der Waals surface area contributed by atoms with Crippen molar-refractivity contribution in [3.63, 3.8) is 0 Å². The number of phenols is 1. The van der Waals surface area contributed by atoms with Gasteiger partial charge in [-0.05, 0) is 63.1 Å². The Labute approximate surface area is 192 Å². The molecule has 0 aliphatic heterocycles. The Morgan fingerprint density at radius 3 is 2.29 bits per heavy atom. The number of carbonyl (C=O) groups is 2. The number of alkyl halides is 3. The maximum Gasteiger partial charge on any atom is 0.573 e. The summed E-state index contributed by atoms with van der Waals surface area (Å²) >= 11 is 0. The highest BCUT2D eigenvalue weighted by Gasteiger charge is 2.32. The lowest BCUT2D eigenvalue weighted by Gasteiger charge is -2.16. The van der Waals surface area contributed by atoms with Gasteiger partial charge in [-0.25, -0.2) is 4.39 Å². The van der Waals surface area contributed by atoms with Crippen molar-refractivity contribution in [2.24, 2.45) is 0 Å². The molecule has 2 unspecified atom stereocenters. The molecule has 0 bridgehead atoms. The minimum atomic E-state index is -4.88. The van der Waals surface area contributed by atoms with Gasteiger partial charge in [0.2, 0.25) is 0 Å². The number of rotatable bonds is 6. The second-order valence-corrected chi connectivity index (χ2v) is 7.91. The van der Waals surface area contributed by atoms with Gasteiger partial charge in [-0.1, -0.05) is 6.92 Å². The topological polar surface area (TPSA) is 77.8 Å². The summed E-state index contributed by atoms with van der Waals surface area (Å²) in [4.78, 5) is 26.0. The number of phenolic OH excluding ortho intramolecular Hbond substituents is 1. The highest BCUT2D eigenvalue weighted by atomic mass is 19.4. The minimum absolute atomic E-state index is 0.00407. The molecule has 1 aromatic heterocycles. The lowest BCUT2D eigenvalue weighted by Crippen LogP contribution is -2.20. The van der Waals surface area contributed by atoms with Gasteiger partial charge in [-0.3, -0.25) is 14.2 Å². The van der Waals surface area contributed by atoms with Gasteiger partial charge in [-0.15, -0.1) is 13.2 Å². The Morgan fingerprint density at radius 2 is 1.74 bits per heavy atom. The lowest BCUT2D eigenvalue weighted by molar-refractivity contribution is -0.274. The van der Waals surface area contributed by atoms with Gasteiger partial charge < -0.3 is 14.6 Å². The summed E-state index contributed by atoms with van der Waals surface area (Å²) < 4.78 is 61.9. The van der Waals surface area contributed by atoms with Crippen LogP contribution < -0.4 is 4.74 Å². The second kappa shape index (κ2) is 9.36.